The molecule has 0 saturated carbocycles. The van der Waals surface area contributed by atoms with Crippen molar-refractivity contribution in [3.05, 3.63) is 66.8 Å². The van der Waals surface area contributed by atoms with E-state index in [0.29, 0.717) is 81.5 Å². The average Bonchev–Trinajstić information content (AvgIpc) is 3.50. The van der Waals surface area contributed by atoms with Gasteiger partial charge in [0.15, 0.2) is 5.82 Å². The highest BCUT2D eigenvalue weighted by Gasteiger charge is 2.30. The Morgan fingerprint density at radius 3 is 2.09 bits per heavy atom. The molecule has 0 aliphatic carbocycles. The second kappa shape index (κ2) is 15.6. The summed E-state index contributed by atoms with van der Waals surface area (Å²) in [5.41, 5.74) is 2.22. The Bertz CT molecular complexity index is 1460. The molecule has 4 aromatic heterocycles. The number of halogens is 1. The van der Waals surface area contributed by atoms with Crippen LogP contribution in [0, 0.1) is 11.8 Å². The number of nitrogens with zero attached hydrogens (tertiary/aromatic N) is 10. The fraction of sp³-hybridized carbons (Fsp3) is 0.414. The topological polar surface area (TPSA) is 129 Å². The third-order valence-electron chi connectivity index (χ3n) is 6.45. The van der Waals surface area contributed by atoms with Gasteiger partial charge in [-0.1, -0.05) is 11.8 Å². The second-order valence-corrected chi connectivity index (χ2v) is 9.55. The summed E-state index contributed by atoms with van der Waals surface area (Å²) in [5.74, 6) is 8.01. The highest BCUT2D eigenvalue weighted by molar-refractivity contribution is 5.52. The van der Waals surface area contributed by atoms with Gasteiger partial charge in [0.05, 0.1) is 68.6 Å². The van der Waals surface area contributed by atoms with Crippen molar-refractivity contribution < 1.29 is 18.6 Å². The van der Waals surface area contributed by atoms with Crippen LogP contribution < -0.4 is 9.80 Å². The van der Waals surface area contributed by atoms with Gasteiger partial charge in [0.25, 0.3) is 0 Å². The fourth-order valence-corrected chi connectivity index (χ4v) is 4.37. The van der Waals surface area contributed by atoms with Gasteiger partial charge < -0.3 is 24.0 Å². The highest BCUT2D eigenvalue weighted by Crippen LogP contribution is 2.19. The van der Waals surface area contributed by atoms with E-state index in [0.717, 1.165) is 5.56 Å². The van der Waals surface area contributed by atoms with E-state index >= 15 is 0 Å². The standard InChI is InChI=1S/C29H33FN10O3/c1-38-20-25(19-37-38)27-33-15-23(16-34-27)3-4-24-17-35-28(36-18-24)39-8-9-40(29-31-6-2-7-32-29)26(21-39)22-43-14-13-42-12-11-41-10-5-30/h2,6-7,15-20,26H,5,8-14,21-22H2,1H3/t26-/m1/s1. The average molecular weight is 589 g/mol. The molecule has 1 saturated heterocycles. The molecule has 0 unspecified atom stereocenters. The van der Waals surface area contributed by atoms with Crippen molar-refractivity contribution in [2.45, 2.75) is 6.04 Å². The Kier molecular flexibility index (Phi) is 10.8. The van der Waals surface area contributed by atoms with Crippen LogP contribution in [0.1, 0.15) is 11.1 Å². The first-order chi connectivity index (χ1) is 21.2. The first-order valence-electron chi connectivity index (χ1n) is 13.9. The number of aromatic nitrogens is 8. The molecule has 5 heterocycles. The molecule has 1 fully saturated rings. The predicted molar refractivity (Wildman–Crippen MR) is 156 cm³/mol. The molecule has 0 aromatic carbocycles. The summed E-state index contributed by atoms with van der Waals surface area (Å²) < 4.78 is 30.3. The van der Waals surface area contributed by atoms with Gasteiger partial charge in [-0.2, -0.15) is 5.10 Å². The fourth-order valence-electron chi connectivity index (χ4n) is 4.37. The Balaban J connectivity index is 1.16. The number of piperazine rings is 1. The van der Waals surface area contributed by atoms with Crippen LogP contribution in [-0.2, 0) is 21.3 Å². The molecule has 0 N–H and O–H groups in total. The highest BCUT2D eigenvalue weighted by atomic mass is 19.1. The molecule has 0 bridgehead atoms. The second-order valence-electron chi connectivity index (χ2n) is 9.55. The van der Waals surface area contributed by atoms with Gasteiger partial charge in [0.1, 0.15) is 6.67 Å². The molecule has 13 nitrogen and oxygen atoms in total. The van der Waals surface area contributed by atoms with Gasteiger partial charge in [-0.25, -0.2) is 34.3 Å². The monoisotopic (exact) mass is 588 g/mol. The van der Waals surface area contributed by atoms with Gasteiger partial charge in [-0.15, -0.1) is 0 Å². The van der Waals surface area contributed by atoms with Crippen molar-refractivity contribution in [3.63, 3.8) is 0 Å². The van der Waals surface area contributed by atoms with Crippen LogP contribution >= 0.6 is 0 Å². The molecule has 224 valence electrons. The zero-order valence-corrected chi connectivity index (χ0v) is 23.9. The Labute approximate surface area is 249 Å². The SMILES string of the molecule is Cn1cc(-c2ncc(C#Cc3cnc(N4CCN(c5ncccn5)[C@@H](COCCOCCOCCF)C4)nc3)cn2)cn1. The lowest BCUT2D eigenvalue weighted by molar-refractivity contribution is 0.00960. The minimum atomic E-state index is -0.494. The Hall–Kier alpha value is -4.58. The molecule has 1 aliphatic rings. The maximum absolute atomic E-state index is 12.1. The van der Waals surface area contributed by atoms with Crippen molar-refractivity contribution in [3.8, 4) is 23.2 Å². The van der Waals surface area contributed by atoms with Gasteiger partial charge in [-0.05, 0) is 6.07 Å². The van der Waals surface area contributed by atoms with Crippen LogP contribution in [0.4, 0.5) is 16.3 Å². The smallest absolute Gasteiger partial charge is 0.225 e. The van der Waals surface area contributed by atoms with E-state index in [1.807, 2.05) is 13.2 Å². The van der Waals surface area contributed by atoms with Crippen LogP contribution in [0.25, 0.3) is 11.4 Å². The molecular weight excluding hydrogens is 555 g/mol. The van der Waals surface area contributed by atoms with E-state index in [4.69, 9.17) is 14.2 Å². The Morgan fingerprint density at radius 1 is 0.791 bits per heavy atom. The number of alkyl halides is 1. The van der Waals surface area contributed by atoms with Crippen molar-refractivity contribution in [2.75, 3.05) is 75.7 Å². The number of rotatable bonds is 13. The van der Waals surface area contributed by atoms with Gasteiger partial charge >= 0.3 is 0 Å². The van der Waals surface area contributed by atoms with E-state index in [9.17, 15) is 4.39 Å². The largest absolute Gasteiger partial charge is 0.377 e. The number of hydrogen-bond acceptors (Lipinski definition) is 12. The van der Waals surface area contributed by atoms with E-state index in [-0.39, 0.29) is 12.6 Å². The lowest BCUT2D eigenvalue weighted by Gasteiger charge is -2.41. The van der Waals surface area contributed by atoms with Crippen molar-refractivity contribution in [1.82, 2.24) is 39.7 Å². The maximum atomic E-state index is 12.1. The molecule has 5 rings (SSSR count). The van der Waals surface area contributed by atoms with Crippen molar-refractivity contribution in [1.29, 1.82) is 0 Å². The predicted octanol–water partition coefficient (Wildman–Crippen LogP) is 1.57. The van der Waals surface area contributed by atoms with Crippen LogP contribution in [-0.4, -0.2) is 112 Å². The minimum absolute atomic E-state index is 0.0262. The van der Waals surface area contributed by atoms with Crippen LogP contribution in [0.15, 0.2) is 55.6 Å². The van der Waals surface area contributed by atoms with E-state index in [1.54, 1.807) is 54.1 Å². The summed E-state index contributed by atoms with van der Waals surface area (Å²) in [6.45, 7) is 3.65. The van der Waals surface area contributed by atoms with E-state index < -0.39 is 6.67 Å². The Morgan fingerprint density at radius 2 is 1.44 bits per heavy atom. The number of ether oxygens (including phenoxy) is 3. The zero-order valence-electron chi connectivity index (χ0n) is 23.9. The van der Waals surface area contributed by atoms with Crippen molar-refractivity contribution in [2.24, 2.45) is 7.05 Å². The summed E-state index contributed by atoms with van der Waals surface area (Å²) in [7, 11) is 1.85. The first-order valence-corrected chi connectivity index (χ1v) is 13.9. The number of aryl methyl sites for hydroxylation is 1. The summed E-state index contributed by atoms with van der Waals surface area (Å²) in [6, 6.07) is 1.77. The molecule has 0 spiro atoms. The molecule has 4 aromatic rings. The lowest BCUT2D eigenvalue weighted by Crippen LogP contribution is -2.56. The maximum Gasteiger partial charge on any atom is 0.225 e. The first kappa shape index (κ1) is 29.9. The molecule has 43 heavy (non-hydrogen) atoms. The molecule has 14 heteroatoms. The number of anilines is 2. The van der Waals surface area contributed by atoms with Gasteiger partial charge in [-0.3, -0.25) is 4.68 Å². The molecule has 0 radical (unpaired) electrons. The summed E-state index contributed by atoms with van der Waals surface area (Å²) in [5, 5.41) is 4.15. The molecular formula is C29H33FN10O3. The third-order valence-corrected chi connectivity index (χ3v) is 6.45. The van der Waals surface area contributed by atoms with Crippen LogP contribution in [0.5, 0.6) is 0 Å². The van der Waals surface area contributed by atoms with Crippen LogP contribution in [0.3, 0.4) is 0 Å². The summed E-state index contributed by atoms with van der Waals surface area (Å²) >= 11 is 0. The molecule has 0 amide bonds. The lowest BCUT2D eigenvalue weighted by atomic mass is 10.2. The van der Waals surface area contributed by atoms with Crippen LogP contribution in [0.2, 0.25) is 0 Å². The third kappa shape index (κ3) is 8.71. The summed E-state index contributed by atoms with van der Waals surface area (Å²) in [4.78, 5) is 31.1. The quantitative estimate of drug-likeness (QED) is 0.166. The molecule has 1 aliphatic heterocycles. The van der Waals surface area contributed by atoms with E-state index in [2.05, 4.69) is 56.6 Å². The zero-order chi connectivity index (χ0) is 29.7. The summed E-state index contributed by atoms with van der Waals surface area (Å²) in [6.07, 6.45) is 13.8. The van der Waals surface area contributed by atoms with Crippen molar-refractivity contribution >= 4 is 11.9 Å². The normalized spacial score (nSPS) is 14.9. The molecule has 1 atom stereocenters. The number of hydrogen-bond donors (Lipinski definition) is 0. The van der Waals surface area contributed by atoms with E-state index in [1.165, 1.54) is 0 Å². The van der Waals surface area contributed by atoms with Gasteiger partial charge in [0, 0.05) is 70.1 Å². The minimum Gasteiger partial charge on any atom is -0.377 e. The van der Waals surface area contributed by atoms with Gasteiger partial charge in [0.2, 0.25) is 11.9 Å².